The molecule has 4 heteroatoms. The van der Waals surface area contributed by atoms with E-state index in [1.807, 2.05) is 12.1 Å². The highest BCUT2D eigenvalue weighted by molar-refractivity contribution is 7.29. The van der Waals surface area contributed by atoms with E-state index in [-0.39, 0.29) is 11.6 Å². The van der Waals surface area contributed by atoms with E-state index in [1.54, 1.807) is 23.5 Å². The third-order valence-electron chi connectivity index (χ3n) is 3.73. The first-order chi connectivity index (χ1) is 10.8. The van der Waals surface area contributed by atoms with Crippen LogP contribution in [0.2, 0.25) is 19.6 Å². The summed E-state index contributed by atoms with van der Waals surface area (Å²) in [5.41, 5.74) is 3.09. The highest BCUT2D eigenvalue weighted by Gasteiger charge is 2.22. The minimum atomic E-state index is -1.46. The van der Waals surface area contributed by atoms with Gasteiger partial charge in [-0.05, 0) is 46.0 Å². The largest absolute Gasteiger partial charge is 0.207 e. The summed E-state index contributed by atoms with van der Waals surface area (Å²) in [5, 5.41) is 0. The van der Waals surface area contributed by atoms with Crippen LogP contribution in [-0.4, -0.2) is 8.07 Å². The molecule has 0 aliphatic rings. The lowest BCUT2D eigenvalue weighted by Gasteiger charge is -2.12. The van der Waals surface area contributed by atoms with Crippen LogP contribution in [-0.2, 0) is 0 Å². The molecule has 118 valence electrons. The van der Waals surface area contributed by atoms with Crippen LogP contribution < -0.4 is 4.50 Å². The summed E-state index contributed by atoms with van der Waals surface area (Å²) in [6.45, 7) is 6.92. The third-order valence-corrected chi connectivity index (χ3v) is 8.50. The average molecular weight is 345 g/mol. The van der Waals surface area contributed by atoms with Gasteiger partial charge in [0.15, 0.2) is 0 Å². The number of halogens is 2. The van der Waals surface area contributed by atoms with Crippen molar-refractivity contribution in [2.75, 3.05) is 0 Å². The average Bonchev–Trinajstić information content (AvgIpc) is 2.94. The molecule has 0 aliphatic carbocycles. The van der Waals surface area contributed by atoms with Gasteiger partial charge in [-0.3, -0.25) is 0 Å². The summed E-state index contributed by atoms with van der Waals surface area (Å²) >= 11 is 1.77. The van der Waals surface area contributed by atoms with E-state index in [1.165, 1.54) is 28.8 Å². The van der Waals surface area contributed by atoms with Gasteiger partial charge in [0, 0.05) is 10.4 Å². The lowest BCUT2D eigenvalue weighted by atomic mass is 10.0. The smallest absolute Gasteiger partial charge is 0.123 e. The highest BCUT2D eigenvalue weighted by Crippen LogP contribution is 2.37. The first-order valence-electron chi connectivity index (χ1n) is 7.51. The van der Waals surface area contributed by atoms with Gasteiger partial charge in [-0.1, -0.05) is 43.9 Å². The molecule has 0 saturated heterocycles. The Balaban J connectivity index is 2.18. The maximum Gasteiger partial charge on any atom is 0.123 e. The number of benzene rings is 2. The van der Waals surface area contributed by atoms with Crippen LogP contribution in [0, 0.1) is 11.6 Å². The zero-order chi connectivity index (χ0) is 16.6. The number of rotatable bonds is 3. The molecular formula is C19H18F2SSi. The number of thiophene rings is 1. The van der Waals surface area contributed by atoms with Crippen molar-refractivity contribution >= 4 is 23.9 Å². The molecule has 0 amide bonds. The lowest BCUT2D eigenvalue weighted by Crippen LogP contribution is -2.34. The molecule has 0 fully saturated rings. The normalized spacial score (nSPS) is 11.7. The Kier molecular flexibility index (Phi) is 4.21. The van der Waals surface area contributed by atoms with Crippen molar-refractivity contribution < 1.29 is 8.78 Å². The van der Waals surface area contributed by atoms with Gasteiger partial charge < -0.3 is 0 Å². The van der Waals surface area contributed by atoms with Crippen molar-refractivity contribution in [3.63, 3.8) is 0 Å². The van der Waals surface area contributed by atoms with E-state index in [2.05, 4.69) is 25.7 Å². The van der Waals surface area contributed by atoms with Gasteiger partial charge in [-0.2, -0.15) is 0 Å². The van der Waals surface area contributed by atoms with E-state index in [0.29, 0.717) is 0 Å². The van der Waals surface area contributed by atoms with E-state index in [9.17, 15) is 8.78 Å². The quantitative estimate of drug-likeness (QED) is 0.518. The monoisotopic (exact) mass is 344 g/mol. The number of hydrogen-bond donors (Lipinski definition) is 0. The second-order valence-corrected chi connectivity index (χ2v) is 13.1. The minimum absolute atomic E-state index is 0.237. The standard InChI is InChI=1S/C19H18F2SSi/c1-23(2,3)18-12-17(13-4-8-15(20)9-5-13)19(22-18)14-6-10-16(21)11-7-14/h4-12H,1-3H3. The molecule has 23 heavy (non-hydrogen) atoms. The van der Waals surface area contributed by atoms with Gasteiger partial charge in [0.1, 0.15) is 11.6 Å². The molecule has 0 N–H and O–H groups in total. The van der Waals surface area contributed by atoms with Crippen molar-refractivity contribution in [1.29, 1.82) is 0 Å². The summed E-state index contributed by atoms with van der Waals surface area (Å²) in [6.07, 6.45) is 0. The fourth-order valence-electron chi connectivity index (χ4n) is 2.42. The Bertz CT molecular complexity index is 749. The molecule has 0 atom stereocenters. The Hall–Kier alpha value is -1.78. The van der Waals surface area contributed by atoms with Gasteiger partial charge in [-0.25, -0.2) is 8.78 Å². The zero-order valence-corrected chi connectivity index (χ0v) is 15.2. The van der Waals surface area contributed by atoms with Gasteiger partial charge in [0.2, 0.25) is 0 Å². The van der Waals surface area contributed by atoms with Crippen LogP contribution in [0.1, 0.15) is 0 Å². The van der Waals surface area contributed by atoms with Crippen molar-refractivity contribution in [3.05, 3.63) is 66.2 Å². The molecule has 0 bridgehead atoms. The van der Waals surface area contributed by atoms with Crippen molar-refractivity contribution in [2.24, 2.45) is 0 Å². The molecule has 0 nitrogen and oxygen atoms in total. The van der Waals surface area contributed by atoms with Crippen LogP contribution >= 0.6 is 11.3 Å². The first-order valence-corrected chi connectivity index (χ1v) is 11.8. The first kappa shape index (κ1) is 16.1. The fourth-order valence-corrected chi connectivity index (χ4v) is 5.47. The predicted molar refractivity (Wildman–Crippen MR) is 98.1 cm³/mol. The second-order valence-electron chi connectivity index (χ2n) is 6.62. The molecule has 2 aromatic carbocycles. The van der Waals surface area contributed by atoms with Crippen LogP contribution in [0.4, 0.5) is 8.78 Å². The zero-order valence-electron chi connectivity index (χ0n) is 13.4. The SMILES string of the molecule is C[Si](C)(C)c1cc(-c2ccc(F)cc2)c(-c2ccc(F)cc2)s1. The Morgan fingerprint density at radius 1 is 0.739 bits per heavy atom. The predicted octanol–water partition coefficient (Wildman–Crippen LogP) is 5.91. The minimum Gasteiger partial charge on any atom is -0.207 e. The summed E-state index contributed by atoms with van der Waals surface area (Å²) in [7, 11) is -1.46. The lowest BCUT2D eigenvalue weighted by molar-refractivity contribution is 0.627. The van der Waals surface area contributed by atoms with Crippen LogP contribution in [0.15, 0.2) is 54.6 Å². The summed E-state index contributed by atoms with van der Waals surface area (Å²) in [5.74, 6) is -0.475. The molecule has 0 unspecified atom stereocenters. The van der Waals surface area contributed by atoms with Gasteiger partial charge in [-0.15, -0.1) is 11.3 Å². The van der Waals surface area contributed by atoms with Crippen LogP contribution in [0.25, 0.3) is 21.6 Å². The molecule has 0 aliphatic heterocycles. The molecule has 0 saturated carbocycles. The molecule has 3 aromatic rings. The molecular weight excluding hydrogens is 326 g/mol. The van der Waals surface area contributed by atoms with E-state index in [4.69, 9.17) is 0 Å². The molecule has 1 heterocycles. The molecule has 0 radical (unpaired) electrons. The van der Waals surface area contributed by atoms with E-state index in [0.717, 1.165) is 21.6 Å². The Morgan fingerprint density at radius 2 is 1.22 bits per heavy atom. The maximum absolute atomic E-state index is 13.2. The number of hydrogen-bond acceptors (Lipinski definition) is 1. The van der Waals surface area contributed by atoms with Crippen molar-refractivity contribution in [2.45, 2.75) is 19.6 Å². The fraction of sp³-hybridized carbons (Fsp3) is 0.158. The summed E-state index contributed by atoms with van der Waals surface area (Å²) in [6, 6.07) is 15.4. The van der Waals surface area contributed by atoms with Crippen molar-refractivity contribution in [3.8, 4) is 21.6 Å². The Morgan fingerprint density at radius 3 is 1.70 bits per heavy atom. The van der Waals surface area contributed by atoms with Gasteiger partial charge in [0.25, 0.3) is 0 Å². The van der Waals surface area contributed by atoms with Gasteiger partial charge in [0.05, 0.1) is 8.07 Å². The third kappa shape index (κ3) is 3.43. The topological polar surface area (TPSA) is 0 Å². The summed E-state index contributed by atoms with van der Waals surface area (Å²) in [4.78, 5) is 1.12. The van der Waals surface area contributed by atoms with E-state index < -0.39 is 8.07 Å². The van der Waals surface area contributed by atoms with Gasteiger partial charge >= 0.3 is 0 Å². The molecule has 0 spiro atoms. The highest BCUT2D eigenvalue weighted by atomic mass is 32.1. The Labute approximate surface area is 140 Å². The van der Waals surface area contributed by atoms with E-state index >= 15 is 0 Å². The summed E-state index contributed by atoms with van der Waals surface area (Å²) < 4.78 is 27.9. The molecule has 1 aromatic heterocycles. The van der Waals surface area contributed by atoms with Crippen LogP contribution in [0.3, 0.4) is 0 Å². The molecule has 3 rings (SSSR count). The second kappa shape index (κ2) is 6.02. The van der Waals surface area contributed by atoms with Crippen LogP contribution in [0.5, 0.6) is 0 Å². The van der Waals surface area contributed by atoms with Crippen molar-refractivity contribution in [1.82, 2.24) is 0 Å². The maximum atomic E-state index is 13.2.